The third-order valence-corrected chi connectivity index (χ3v) is 3.51. The van der Waals surface area contributed by atoms with E-state index >= 15 is 0 Å². The van der Waals surface area contributed by atoms with Crippen LogP contribution in [0.3, 0.4) is 0 Å². The monoisotopic (exact) mass is 221 g/mol. The zero-order valence-corrected chi connectivity index (χ0v) is 10.1. The molecule has 1 nitrogen and oxygen atoms in total. The fourth-order valence-electron chi connectivity index (χ4n) is 2.37. The molecule has 0 amide bonds. The van der Waals surface area contributed by atoms with Gasteiger partial charge >= 0.3 is 0 Å². The molecule has 1 saturated carbocycles. The zero-order chi connectivity index (χ0) is 11.5. The topological polar surface area (TPSA) is 12.0 Å². The van der Waals surface area contributed by atoms with Gasteiger partial charge in [0.15, 0.2) is 0 Å². The first-order valence-electron chi connectivity index (χ1n) is 6.13. The number of nitrogens with one attached hydrogen (secondary N) is 1. The summed E-state index contributed by atoms with van der Waals surface area (Å²) in [4.78, 5) is 0. The maximum atomic E-state index is 13.2. The Bertz CT molecular complexity index is 358. The molecule has 1 fully saturated rings. The van der Waals surface area contributed by atoms with Crippen molar-refractivity contribution in [3.8, 4) is 0 Å². The summed E-state index contributed by atoms with van der Waals surface area (Å²) in [6.07, 6.45) is 3.84. The number of rotatable bonds is 5. The highest BCUT2D eigenvalue weighted by Gasteiger charge is 2.31. The van der Waals surface area contributed by atoms with Gasteiger partial charge in [0.1, 0.15) is 5.82 Å². The molecule has 1 atom stereocenters. The van der Waals surface area contributed by atoms with Gasteiger partial charge < -0.3 is 5.32 Å². The summed E-state index contributed by atoms with van der Waals surface area (Å²) in [6, 6.07) is 5.59. The normalized spacial score (nSPS) is 17.4. The molecule has 2 rings (SSSR count). The quantitative estimate of drug-likeness (QED) is 0.805. The van der Waals surface area contributed by atoms with Gasteiger partial charge in [-0.1, -0.05) is 12.1 Å². The van der Waals surface area contributed by atoms with Crippen molar-refractivity contribution in [2.45, 2.75) is 32.1 Å². The van der Waals surface area contributed by atoms with Gasteiger partial charge in [-0.25, -0.2) is 4.39 Å². The Morgan fingerprint density at radius 2 is 2.19 bits per heavy atom. The fraction of sp³-hybridized carbons (Fsp3) is 0.571. The summed E-state index contributed by atoms with van der Waals surface area (Å²) < 4.78 is 13.2. The Morgan fingerprint density at radius 3 is 2.75 bits per heavy atom. The minimum atomic E-state index is -0.0908. The second-order valence-corrected chi connectivity index (χ2v) is 4.84. The molecule has 0 saturated heterocycles. The lowest BCUT2D eigenvalue weighted by atomic mass is 9.90. The second kappa shape index (κ2) is 4.96. The van der Waals surface area contributed by atoms with Gasteiger partial charge in [0.2, 0.25) is 0 Å². The second-order valence-electron chi connectivity index (χ2n) is 4.84. The number of hydrogen-bond donors (Lipinski definition) is 1. The number of halogens is 1. The SMILES string of the molecule is CNCCC(c1ccc(F)c(C)c1)C1CC1. The molecule has 16 heavy (non-hydrogen) atoms. The van der Waals surface area contributed by atoms with Gasteiger partial charge in [-0.2, -0.15) is 0 Å². The predicted octanol–water partition coefficient (Wildman–Crippen LogP) is 3.24. The van der Waals surface area contributed by atoms with E-state index in [-0.39, 0.29) is 5.82 Å². The van der Waals surface area contributed by atoms with Crippen molar-refractivity contribution in [3.63, 3.8) is 0 Å². The van der Waals surface area contributed by atoms with E-state index in [1.165, 1.54) is 18.4 Å². The van der Waals surface area contributed by atoms with Crippen LogP contribution in [0.1, 0.15) is 36.3 Å². The van der Waals surface area contributed by atoms with Gasteiger partial charge in [0, 0.05) is 0 Å². The smallest absolute Gasteiger partial charge is 0.126 e. The number of benzene rings is 1. The van der Waals surface area contributed by atoms with Crippen LogP contribution in [-0.2, 0) is 0 Å². The molecular formula is C14H20FN. The Labute approximate surface area is 97.1 Å². The van der Waals surface area contributed by atoms with Crippen LogP contribution >= 0.6 is 0 Å². The van der Waals surface area contributed by atoms with E-state index in [0.717, 1.165) is 24.4 Å². The van der Waals surface area contributed by atoms with Gasteiger partial charge in [-0.3, -0.25) is 0 Å². The van der Waals surface area contributed by atoms with Crippen molar-refractivity contribution in [2.24, 2.45) is 5.92 Å². The average molecular weight is 221 g/mol. The molecule has 1 aromatic rings. The van der Waals surface area contributed by atoms with E-state index in [0.29, 0.717) is 5.92 Å². The van der Waals surface area contributed by atoms with E-state index < -0.39 is 0 Å². The molecule has 0 radical (unpaired) electrons. The van der Waals surface area contributed by atoms with Crippen molar-refractivity contribution in [1.29, 1.82) is 0 Å². The van der Waals surface area contributed by atoms with Gasteiger partial charge in [0.05, 0.1) is 0 Å². The number of hydrogen-bond acceptors (Lipinski definition) is 1. The van der Waals surface area contributed by atoms with Crippen molar-refractivity contribution < 1.29 is 4.39 Å². The molecule has 1 N–H and O–H groups in total. The Morgan fingerprint density at radius 1 is 1.44 bits per heavy atom. The summed E-state index contributed by atoms with van der Waals surface area (Å²) >= 11 is 0. The first-order valence-corrected chi connectivity index (χ1v) is 6.13. The van der Waals surface area contributed by atoms with E-state index in [1.54, 1.807) is 6.07 Å². The summed E-state index contributed by atoms with van der Waals surface area (Å²) in [7, 11) is 1.99. The van der Waals surface area contributed by atoms with Crippen molar-refractivity contribution in [2.75, 3.05) is 13.6 Å². The molecular weight excluding hydrogens is 201 g/mol. The molecule has 0 aromatic heterocycles. The molecule has 1 aliphatic rings. The maximum absolute atomic E-state index is 13.2. The van der Waals surface area contributed by atoms with Crippen LogP contribution in [-0.4, -0.2) is 13.6 Å². The van der Waals surface area contributed by atoms with E-state index in [4.69, 9.17) is 0 Å². The maximum Gasteiger partial charge on any atom is 0.126 e. The van der Waals surface area contributed by atoms with Crippen LogP contribution in [0.15, 0.2) is 18.2 Å². The molecule has 1 aromatic carbocycles. The highest BCUT2D eigenvalue weighted by atomic mass is 19.1. The van der Waals surface area contributed by atoms with Crippen molar-refractivity contribution in [1.82, 2.24) is 5.32 Å². The van der Waals surface area contributed by atoms with Gasteiger partial charge in [-0.15, -0.1) is 0 Å². The van der Waals surface area contributed by atoms with Crippen molar-refractivity contribution >= 4 is 0 Å². The summed E-state index contributed by atoms with van der Waals surface area (Å²) in [5.41, 5.74) is 2.09. The van der Waals surface area contributed by atoms with Crippen LogP contribution in [0, 0.1) is 18.7 Å². The zero-order valence-electron chi connectivity index (χ0n) is 10.1. The lowest BCUT2D eigenvalue weighted by Crippen LogP contribution is -2.13. The van der Waals surface area contributed by atoms with E-state index in [2.05, 4.69) is 5.32 Å². The first-order chi connectivity index (χ1) is 7.72. The molecule has 2 heteroatoms. The van der Waals surface area contributed by atoms with Crippen LogP contribution in [0.2, 0.25) is 0 Å². The fourth-order valence-corrected chi connectivity index (χ4v) is 2.37. The Hall–Kier alpha value is -0.890. The van der Waals surface area contributed by atoms with Gasteiger partial charge in [0.25, 0.3) is 0 Å². The highest BCUT2D eigenvalue weighted by molar-refractivity contribution is 5.28. The van der Waals surface area contributed by atoms with E-state index in [9.17, 15) is 4.39 Å². The molecule has 88 valence electrons. The molecule has 0 aliphatic heterocycles. The molecule has 1 aliphatic carbocycles. The van der Waals surface area contributed by atoms with Crippen LogP contribution < -0.4 is 5.32 Å². The summed E-state index contributed by atoms with van der Waals surface area (Å²) in [5, 5.41) is 3.20. The third kappa shape index (κ3) is 2.62. The highest BCUT2D eigenvalue weighted by Crippen LogP contribution is 2.44. The predicted molar refractivity (Wildman–Crippen MR) is 65.1 cm³/mol. The third-order valence-electron chi connectivity index (χ3n) is 3.51. The Balaban J connectivity index is 2.14. The lowest BCUT2D eigenvalue weighted by Gasteiger charge is -2.17. The number of aryl methyl sites for hydroxylation is 1. The molecule has 1 unspecified atom stereocenters. The van der Waals surface area contributed by atoms with E-state index in [1.807, 2.05) is 26.1 Å². The molecule has 0 spiro atoms. The Kier molecular flexibility index (Phi) is 3.59. The van der Waals surface area contributed by atoms with Crippen LogP contribution in [0.4, 0.5) is 4.39 Å². The minimum Gasteiger partial charge on any atom is -0.320 e. The summed E-state index contributed by atoms with van der Waals surface area (Å²) in [6.45, 7) is 2.89. The largest absolute Gasteiger partial charge is 0.320 e. The van der Waals surface area contributed by atoms with Crippen LogP contribution in [0.5, 0.6) is 0 Å². The van der Waals surface area contributed by atoms with Gasteiger partial charge in [-0.05, 0) is 68.8 Å². The van der Waals surface area contributed by atoms with Crippen molar-refractivity contribution in [3.05, 3.63) is 35.1 Å². The standard InChI is InChI=1S/C14H20FN/c1-10-9-12(5-6-14(10)15)13(7-8-16-2)11-3-4-11/h5-6,9,11,13,16H,3-4,7-8H2,1-2H3. The minimum absolute atomic E-state index is 0.0908. The molecule has 0 bridgehead atoms. The lowest BCUT2D eigenvalue weighted by molar-refractivity contribution is 0.538. The summed E-state index contributed by atoms with van der Waals surface area (Å²) in [5.74, 6) is 1.36. The first kappa shape index (κ1) is 11.6. The van der Waals surface area contributed by atoms with Crippen LogP contribution in [0.25, 0.3) is 0 Å². The molecule has 0 heterocycles. The average Bonchev–Trinajstić information content (AvgIpc) is 3.08.